The third-order valence-corrected chi connectivity index (χ3v) is 3.06. The number of guanidine groups is 1. The number of rotatable bonds is 12. The molecule has 0 bridgehead atoms. The Labute approximate surface area is 144 Å². The fourth-order valence-corrected chi connectivity index (χ4v) is 1.86. The van der Waals surface area contributed by atoms with Gasteiger partial charge in [0.2, 0.25) is 5.88 Å². The maximum atomic E-state index is 5.44. The van der Waals surface area contributed by atoms with Gasteiger partial charge in [-0.25, -0.2) is 9.98 Å². The van der Waals surface area contributed by atoms with Crippen LogP contribution in [0.2, 0.25) is 0 Å². The maximum absolute atomic E-state index is 5.44. The molecule has 0 saturated carbocycles. The first-order valence-corrected chi connectivity index (χ1v) is 8.46. The highest BCUT2D eigenvalue weighted by Gasteiger charge is 1.99. The lowest BCUT2D eigenvalue weighted by Gasteiger charge is -2.11. The van der Waals surface area contributed by atoms with E-state index in [1.165, 1.54) is 0 Å². The van der Waals surface area contributed by atoms with Crippen LogP contribution in [0.5, 0.6) is 5.88 Å². The molecule has 0 aliphatic rings. The molecule has 1 aromatic heterocycles. The normalized spacial score (nSPS) is 11.4. The largest absolute Gasteiger partial charge is 0.475 e. The Hall–Kier alpha value is -1.86. The van der Waals surface area contributed by atoms with Crippen molar-refractivity contribution in [3.8, 4) is 5.88 Å². The summed E-state index contributed by atoms with van der Waals surface area (Å²) in [6.45, 7) is 8.83. The van der Waals surface area contributed by atoms with E-state index in [-0.39, 0.29) is 0 Å². The highest BCUT2D eigenvalue weighted by molar-refractivity contribution is 5.79. The average Bonchev–Trinajstić information content (AvgIpc) is 2.60. The van der Waals surface area contributed by atoms with Gasteiger partial charge >= 0.3 is 0 Å². The van der Waals surface area contributed by atoms with E-state index in [2.05, 4.69) is 20.6 Å². The van der Waals surface area contributed by atoms with Crippen LogP contribution in [0.1, 0.15) is 25.8 Å². The van der Waals surface area contributed by atoms with Crippen molar-refractivity contribution in [2.24, 2.45) is 4.99 Å². The number of nitrogens with one attached hydrogen (secondary N) is 2. The van der Waals surface area contributed by atoms with E-state index in [1.807, 2.05) is 26.0 Å². The quantitative estimate of drug-likeness (QED) is 0.342. The smallest absolute Gasteiger partial charge is 0.213 e. The van der Waals surface area contributed by atoms with Gasteiger partial charge in [-0.05, 0) is 25.8 Å². The van der Waals surface area contributed by atoms with Crippen LogP contribution in [-0.2, 0) is 16.0 Å². The molecule has 0 aliphatic carbocycles. The van der Waals surface area contributed by atoms with Gasteiger partial charge in [0, 0.05) is 45.7 Å². The van der Waals surface area contributed by atoms with E-state index < -0.39 is 0 Å². The second kappa shape index (κ2) is 13.6. The van der Waals surface area contributed by atoms with Crippen LogP contribution >= 0.6 is 0 Å². The van der Waals surface area contributed by atoms with Gasteiger partial charge < -0.3 is 24.8 Å². The fourth-order valence-electron chi connectivity index (χ4n) is 1.86. The fraction of sp³-hybridized carbons (Fsp3) is 0.647. The van der Waals surface area contributed by atoms with Gasteiger partial charge in [0.25, 0.3) is 0 Å². The highest BCUT2D eigenvalue weighted by Crippen LogP contribution is 2.08. The predicted octanol–water partition coefficient (Wildman–Crippen LogP) is 1.59. The van der Waals surface area contributed by atoms with E-state index in [1.54, 1.807) is 13.3 Å². The monoisotopic (exact) mass is 338 g/mol. The summed E-state index contributed by atoms with van der Waals surface area (Å²) in [5.74, 6) is 1.40. The van der Waals surface area contributed by atoms with E-state index in [4.69, 9.17) is 14.2 Å². The van der Waals surface area contributed by atoms with Crippen LogP contribution in [0.15, 0.2) is 23.3 Å². The number of hydrogen-bond acceptors (Lipinski definition) is 5. The summed E-state index contributed by atoms with van der Waals surface area (Å²) in [4.78, 5) is 8.83. The van der Waals surface area contributed by atoms with Gasteiger partial charge in [-0.2, -0.15) is 0 Å². The van der Waals surface area contributed by atoms with Gasteiger partial charge in [-0.15, -0.1) is 0 Å². The second-order valence-electron chi connectivity index (χ2n) is 5.02. The Bertz CT molecular complexity index is 452. The molecular formula is C17H30N4O3. The highest BCUT2D eigenvalue weighted by atomic mass is 16.5. The Morgan fingerprint density at radius 1 is 1.17 bits per heavy atom. The Kier molecular flexibility index (Phi) is 11.4. The molecule has 2 N–H and O–H groups in total. The lowest BCUT2D eigenvalue weighted by molar-refractivity contribution is 0.143. The Morgan fingerprint density at radius 2 is 2.04 bits per heavy atom. The summed E-state index contributed by atoms with van der Waals surface area (Å²) in [6, 6.07) is 3.82. The molecule has 0 aromatic carbocycles. The molecule has 1 rings (SSSR count). The minimum atomic E-state index is 0.497. The molecule has 24 heavy (non-hydrogen) atoms. The first-order chi connectivity index (χ1) is 11.8. The summed E-state index contributed by atoms with van der Waals surface area (Å²) in [6.07, 6.45) is 2.73. The van der Waals surface area contributed by atoms with Crippen molar-refractivity contribution in [1.29, 1.82) is 0 Å². The van der Waals surface area contributed by atoms with Crippen LogP contribution in [0.25, 0.3) is 0 Å². The molecule has 7 heteroatoms. The first kappa shape index (κ1) is 20.2. The number of nitrogens with zero attached hydrogens (tertiary/aromatic N) is 2. The summed E-state index contributed by atoms with van der Waals surface area (Å²) in [5, 5.41) is 6.52. The summed E-state index contributed by atoms with van der Waals surface area (Å²) >= 11 is 0. The number of pyridine rings is 1. The van der Waals surface area contributed by atoms with Gasteiger partial charge in [-0.1, -0.05) is 6.07 Å². The van der Waals surface area contributed by atoms with E-state index >= 15 is 0 Å². The van der Waals surface area contributed by atoms with Crippen molar-refractivity contribution in [3.63, 3.8) is 0 Å². The maximum Gasteiger partial charge on any atom is 0.213 e. The predicted molar refractivity (Wildman–Crippen MR) is 95.5 cm³/mol. The van der Waals surface area contributed by atoms with Crippen molar-refractivity contribution >= 4 is 5.96 Å². The molecule has 0 unspecified atom stereocenters. The average molecular weight is 338 g/mol. The summed E-state index contributed by atoms with van der Waals surface area (Å²) in [7, 11) is 1.64. The van der Waals surface area contributed by atoms with Crippen LogP contribution in [0.4, 0.5) is 0 Å². The van der Waals surface area contributed by atoms with E-state index in [0.717, 1.165) is 44.2 Å². The number of aliphatic imine (C=N–C) groups is 1. The Balaban J connectivity index is 2.41. The van der Waals surface area contributed by atoms with Gasteiger partial charge in [-0.3, -0.25) is 0 Å². The summed E-state index contributed by atoms with van der Waals surface area (Å²) < 4.78 is 15.7. The molecule has 0 radical (unpaired) electrons. The van der Waals surface area contributed by atoms with Crippen LogP contribution in [0, 0.1) is 0 Å². The zero-order valence-electron chi connectivity index (χ0n) is 15.0. The third-order valence-electron chi connectivity index (χ3n) is 3.06. The van der Waals surface area contributed by atoms with Crippen molar-refractivity contribution in [3.05, 3.63) is 23.9 Å². The standard InChI is InChI=1S/C17H30N4O3/c1-4-18-17(19-9-6-10-23-5-2)21-14-15-7-8-16(20-13-15)24-12-11-22-3/h7-8,13H,4-6,9-12,14H2,1-3H3,(H2,18,19,21). The van der Waals surface area contributed by atoms with Crippen molar-refractivity contribution in [1.82, 2.24) is 15.6 Å². The van der Waals surface area contributed by atoms with Crippen LogP contribution in [-0.4, -0.2) is 57.6 Å². The molecule has 0 atom stereocenters. The minimum absolute atomic E-state index is 0.497. The SMILES string of the molecule is CCNC(=NCc1ccc(OCCOC)nc1)NCCCOCC. The number of hydrogen-bond donors (Lipinski definition) is 2. The molecule has 0 fully saturated rings. The zero-order chi connectivity index (χ0) is 17.5. The second-order valence-corrected chi connectivity index (χ2v) is 5.02. The molecule has 0 amide bonds. The van der Waals surface area contributed by atoms with E-state index in [0.29, 0.717) is 25.6 Å². The van der Waals surface area contributed by atoms with Crippen molar-refractivity contribution in [2.75, 3.05) is 46.6 Å². The molecule has 136 valence electrons. The topological polar surface area (TPSA) is 77.0 Å². The molecule has 7 nitrogen and oxygen atoms in total. The third kappa shape index (κ3) is 9.32. The number of methoxy groups -OCH3 is 1. The first-order valence-electron chi connectivity index (χ1n) is 8.46. The molecule has 0 aliphatic heterocycles. The number of ether oxygens (including phenoxy) is 3. The zero-order valence-corrected chi connectivity index (χ0v) is 15.0. The van der Waals surface area contributed by atoms with Crippen LogP contribution in [0.3, 0.4) is 0 Å². The lowest BCUT2D eigenvalue weighted by Crippen LogP contribution is -2.38. The van der Waals surface area contributed by atoms with Crippen molar-refractivity contribution < 1.29 is 14.2 Å². The number of aromatic nitrogens is 1. The van der Waals surface area contributed by atoms with E-state index in [9.17, 15) is 0 Å². The van der Waals surface area contributed by atoms with Gasteiger partial charge in [0.05, 0.1) is 13.2 Å². The van der Waals surface area contributed by atoms with Gasteiger partial charge in [0.15, 0.2) is 5.96 Å². The Morgan fingerprint density at radius 3 is 2.71 bits per heavy atom. The van der Waals surface area contributed by atoms with Crippen molar-refractivity contribution in [2.45, 2.75) is 26.8 Å². The lowest BCUT2D eigenvalue weighted by atomic mass is 10.3. The molecule has 0 saturated heterocycles. The molecular weight excluding hydrogens is 308 g/mol. The molecule has 0 spiro atoms. The molecule has 1 heterocycles. The summed E-state index contributed by atoms with van der Waals surface area (Å²) in [5.41, 5.74) is 1.03. The van der Waals surface area contributed by atoms with Crippen LogP contribution < -0.4 is 15.4 Å². The molecule has 1 aromatic rings. The van der Waals surface area contributed by atoms with Gasteiger partial charge in [0.1, 0.15) is 6.61 Å². The minimum Gasteiger partial charge on any atom is -0.475 e.